The van der Waals surface area contributed by atoms with Gasteiger partial charge in [0, 0.05) is 14.0 Å². The van der Waals surface area contributed by atoms with Gasteiger partial charge in [0.25, 0.3) is 0 Å². The van der Waals surface area contributed by atoms with Gasteiger partial charge in [-0.2, -0.15) is 0 Å². The van der Waals surface area contributed by atoms with Crippen molar-refractivity contribution in [2.75, 3.05) is 14.2 Å². The Kier molecular flexibility index (Phi) is 4.23. The Morgan fingerprint density at radius 3 is 2.26 bits per heavy atom. The Labute approximate surface area is 112 Å². The van der Waals surface area contributed by atoms with E-state index < -0.39 is 29.6 Å². The fourth-order valence-electron chi connectivity index (χ4n) is 2.46. The van der Waals surface area contributed by atoms with E-state index in [0.717, 1.165) is 7.11 Å². The number of hydrogen-bond donors (Lipinski definition) is 1. The number of esters is 1. The second kappa shape index (κ2) is 5.07. The van der Waals surface area contributed by atoms with E-state index in [-0.39, 0.29) is 5.91 Å². The molecule has 7 nitrogen and oxygen atoms in total. The van der Waals surface area contributed by atoms with Crippen LogP contribution < -0.4 is 0 Å². The molecule has 1 rings (SSSR count). The first-order chi connectivity index (χ1) is 8.59. The molecule has 19 heavy (non-hydrogen) atoms. The highest BCUT2D eigenvalue weighted by Crippen LogP contribution is 2.38. The van der Waals surface area contributed by atoms with Crippen molar-refractivity contribution >= 4 is 11.9 Å². The molecule has 7 heteroatoms. The summed E-state index contributed by atoms with van der Waals surface area (Å²) in [6, 6.07) is -0.988. The average molecular weight is 275 g/mol. The molecule has 1 aliphatic rings. The lowest BCUT2D eigenvalue weighted by Gasteiger charge is -2.37. The number of methoxy groups -OCH3 is 2. The van der Waals surface area contributed by atoms with Crippen molar-refractivity contribution in [3.8, 4) is 0 Å². The maximum Gasteiger partial charge on any atom is 0.339 e. The topological polar surface area (TPSA) is 85.3 Å². The van der Waals surface area contributed by atoms with Crippen molar-refractivity contribution < 1.29 is 28.9 Å². The van der Waals surface area contributed by atoms with E-state index in [1.165, 1.54) is 25.9 Å². The molecular formula is C12H21NO6. The second-order valence-electron chi connectivity index (χ2n) is 5.14. The molecule has 0 unspecified atom stereocenters. The van der Waals surface area contributed by atoms with Crippen LogP contribution >= 0.6 is 0 Å². The fraction of sp³-hybridized carbons (Fsp3) is 0.833. The maximum absolute atomic E-state index is 11.8. The van der Waals surface area contributed by atoms with Crippen LogP contribution in [-0.4, -0.2) is 59.8 Å². The van der Waals surface area contributed by atoms with Crippen molar-refractivity contribution in [1.29, 1.82) is 0 Å². The van der Waals surface area contributed by atoms with Crippen LogP contribution in [0.25, 0.3) is 0 Å². The number of hydrogen-bond acceptors (Lipinski definition) is 6. The van der Waals surface area contributed by atoms with Crippen molar-refractivity contribution in [1.82, 2.24) is 4.90 Å². The predicted molar refractivity (Wildman–Crippen MR) is 64.9 cm³/mol. The summed E-state index contributed by atoms with van der Waals surface area (Å²) in [5.41, 5.74) is -2.93. The molecule has 0 radical (unpaired) electrons. The summed E-state index contributed by atoms with van der Waals surface area (Å²) in [6.45, 7) is 5.93. The van der Waals surface area contributed by atoms with Crippen LogP contribution in [0.5, 0.6) is 0 Å². The quantitative estimate of drug-likeness (QED) is 0.722. The number of carbonyl (C=O) groups is 2. The molecular weight excluding hydrogens is 254 g/mol. The summed E-state index contributed by atoms with van der Waals surface area (Å²) in [5.74, 6) is -1.19. The summed E-state index contributed by atoms with van der Waals surface area (Å²) in [4.78, 5) is 24.8. The van der Waals surface area contributed by atoms with Gasteiger partial charge in [0.15, 0.2) is 11.9 Å². The van der Waals surface area contributed by atoms with Crippen LogP contribution in [-0.2, 0) is 23.8 Å². The number of amides is 1. The molecule has 1 saturated heterocycles. The molecule has 1 aliphatic heterocycles. The van der Waals surface area contributed by atoms with Crippen molar-refractivity contribution in [3.63, 3.8) is 0 Å². The molecule has 0 aromatic carbocycles. The SMILES string of the molecule is COC(=O)[C@](C)(O)[C@H]1[C@H](OC)OC(C)(C)N1C(C)=O. The number of carbonyl (C=O) groups excluding carboxylic acids is 2. The second-order valence-corrected chi connectivity index (χ2v) is 5.14. The Morgan fingerprint density at radius 1 is 1.37 bits per heavy atom. The minimum absolute atomic E-state index is 0.335. The highest BCUT2D eigenvalue weighted by Gasteiger charge is 2.59. The summed E-state index contributed by atoms with van der Waals surface area (Å²) in [7, 11) is 2.54. The van der Waals surface area contributed by atoms with Gasteiger partial charge in [0.1, 0.15) is 11.8 Å². The number of nitrogens with zero attached hydrogens (tertiary/aromatic N) is 1. The van der Waals surface area contributed by atoms with E-state index >= 15 is 0 Å². The van der Waals surface area contributed by atoms with Crippen LogP contribution in [0.4, 0.5) is 0 Å². The number of rotatable bonds is 3. The molecule has 0 saturated carbocycles. The van der Waals surface area contributed by atoms with Gasteiger partial charge in [-0.25, -0.2) is 4.79 Å². The third-order valence-electron chi connectivity index (χ3n) is 3.27. The van der Waals surface area contributed by atoms with Crippen LogP contribution in [0.1, 0.15) is 27.7 Å². The fourth-order valence-corrected chi connectivity index (χ4v) is 2.46. The van der Waals surface area contributed by atoms with E-state index in [2.05, 4.69) is 4.74 Å². The third kappa shape index (κ3) is 2.58. The molecule has 1 fully saturated rings. The summed E-state index contributed by atoms with van der Waals surface area (Å²) < 4.78 is 15.3. The lowest BCUT2D eigenvalue weighted by atomic mass is 9.94. The zero-order chi connectivity index (χ0) is 15.0. The van der Waals surface area contributed by atoms with Gasteiger partial charge in [-0.3, -0.25) is 4.79 Å². The normalized spacial score (nSPS) is 28.9. The van der Waals surface area contributed by atoms with Gasteiger partial charge in [-0.1, -0.05) is 0 Å². The van der Waals surface area contributed by atoms with Crippen LogP contribution in [0.15, 0.2) is 0 Å². The minimum Gasteiger partial charge on any atom is -0.467 e. The number of ether oxygens (including phenoxy) is 3. The lowest BCUT2D eigenvalue weighted by molar-refractivity contribution is -0.182. The molecule has 0 bridgehead atoms. The van der Waals surface area contributed by atoms with E-state index in [9.17, 15) is 14.7 Å². The highest BCUT2D eigenvalue weighted by molar-refractivity contribution is 5.82. The Hall–Kier alpha value is -1.18. The van der Waals surface area contributed by atoms with Crippen molar-refractivity contribution in [3.05, 3.63) is 0 Å². The molecule has 0 aromatic heterocycles. The number of aliphatic hydroxyl groups is 1. The predicted octanol–water partition coefficient (Wildman–Crippen LogP) is -0.134. The van der Waals surface area contributed by atoms with Crippen LogP contribution in [0.2, 0.25) is 0 Å². The standard InChI is InChI=1S/C12H21NO6/c1-7(14)13-8(12(4,16)10(15)18-6)9(17-5)19-11(13,2)3/h8-9,16H,1-6H3/t8-,9-,12-/m1/s1. The Morgan fingerprint density at radius 2 is 1.89 bits per heavy atom. The first kappa shape index (κ1) is 15.9. The summed E-state index contributed by atoms with van der Waals surface area (Å²) in [5, 5.41) is 10.4. The highest BCUT2D eigenvalue weighted by atomic mass is 16.7. The maximum atomic E-state index is 11.8. The van der Waals surface area contributed by atoms with Gasteiger partial charge in [0.2, 0.25) is 5.91 Å². The van der Waals surface area contributed by atoms with E-state index in [4.69, 9.17) is 9.47 Å². The summed E-state index contributed by atoms with van der Waals surface area (Å²) >= 11 is 0. The smallest absolute Gasteiger partial charge is 0.339 e. The third-order valence-corrected chi connectivity index (χ3v) is 3.27. The van der Waals surface area contributed by atoms with Gasteiger partial charge >= 0.3 is 5.97 Å². The van der Waals surface area contributed by atoms with Crippen molar-refractivity contribution in [2.45, 2.75) is 51.4 Å². The molecule has 0 spiro atoms. The Balaban J connectivity index is 3.26. The average Bonchev–Trinajstić information content (AvgIpc) is 2.59. The minimum atomic E-state index is -1.94. The molecule has 110 valence electrons. The largest absolute Gasteiger partial charge is 0.467 e. The zero-order valence-corrected chi connectivity index (χ0v) is 12.1. The molecule has 1 heterocycles. The first-order valence-electron chi connectivity index (χ1n) is 5.91. The molecule has 0 aromatic rings. The zero-order valence-electron chi connectivity index (χ0n) is 12.1. The van der Waals surface area contributed by atoms with Crippen LogP contribution in [0, 0.1) is 0 Å². The van der Waals surface area contributed by atoms with Gasteiger partial charge in [-0.15, -0.1) is 0 Å². The van der Waals surface area contributed by atoms with E-state index in [1.54, 1.807) is 13.8 Å². The molecule has 0 aliphatic carbocycles. The lowest BCUT2D eigenvalue weighted by Crippen LogP contribution is -2.61. The van der Waals surface area contributed by atoms with E-state index in [1.807, 2.05) is 0 Å². The van der Waals surface area contributed by atoms with Gasteiger partial charge in [0.05, 0.1) is 7.11 Å². The molecule has 1 N–H and O–H groups in total. The monoisotopic (exact) mass is 275 g/mol. The summed E-state index contributed by atoms with van der Waals surface area (Å²) in [6.07, 6.45) is -0.923. The van der Waals surface area contributed by atoms with Gasteiger partial charge in [-0.05, 0) is 20.8 Å². The van der Waals surface area contributed by atoms with E-state index in [0.29, 0.717) is 0 Å². The molecule has 3 atom stereocenters. The Bertz CT molecular complexity index is 378. The van der Waals surface area contributed by atoms with Crippen LogP contribution in [0.3, 0.4) is 0 Å². The molecule has 1 amide bonds. The first-order valence-corrected chi connectivity index (χ1v) is 5.91. The van der Waals surface area contributed by atoms with Gasteiger partial charge < -0.3 is 24.2 Å². The van der Waals surface area contributed by atoms with Crippen molar-refractivity contribution in [2.24, 2.45) is 0 Å².